The molecule has 0 aliphatic carbocycles. The fraction of sp³-hybridized carbons (Fsp3) is 1.00. The Bertz CT molecular complexity index is 105. The van der Waals surface area contributed by atoms with Crippen molar-refractivity contribution in [3.63, 3.8) is 0 Å². The zero-order chi connectivity index (χ0) is 9.07. The van der Waals surface area contributed by atoms with E-state index in [-0.39, 0.29) is 18.4 Å². The maximum atomic E-state index is 9.55. The van der Waals surface area contributed by atoms with Crippen LogP contribution in [0.1, 0.15) is 34.1 Å². The van der Waals surface area contributed by atoms with Crippen LogP contribution in [0, 0.1) is 11.8 Å². The van der Waals surface area contributed by atoms with Gasteiger partial charge in [0.15, 0.2) is 0 Å². The molecule has 0 saturated carbocycles. The third-order valence-electron chi connectivity index (χ3n) is 2.27. The minimum absolute atomic E-state index is 0.209. The number of hydrogen-bond donors (Lipinski definition) is 2. The van der Waals surface area contributed by atoms with Crippen molar-refractivity contribution in [1.29, 1.82) is 0 Å². The van der Waals surface area contributed by atoms with Crippen molar-refractivity contribution >= 4 is 0 Å². The van der Waals surface area contributed by atoms with Gasteiger partial charge >= 0.3 is 0 Å². The molecule has 2 N–H and O–H groups in total. The predicted octanol–water partition coefficient (Wildman–Crippen LogP) is 1.41. The molecule has 2 atom stereocenters. The fourth-order valence-electron chi connectivity index (χ4n) is 0.966. The Morgan fingerprint density at radius 3 is 2.00 bits per heavy atom. The monoisotopic (exact) mass is 160 g/mol. The molecular weight excluding hydrogens is 140 g/mol. The summed E-state index contributed by atoms with van der Waals surface area (Å²) in [5, 5.41) is 18.3. The Hall–Kier alpha value is -0.0800. The second-order valence-electron chi connectivity index (χ2n) is 4.08. The van der Waals surface area contributed by atoms with E-state index in [2.05, 4.69) is 0 Å². The van der Waals surface area contributed by atoms with Crippen molar-refractivity contribution in [2.75, 3.05) is 6.61 Å². The Labute approximate surface area is 69.2 Å². The summed E-state index contributed by atoms with van der Waals surface area (Å²) in [4.78, 5) is 0. The van der Waals surface area contributed by atoms with Crippen LogP contribution in [0.5, 0.6) is 0 Å². The Morgan fingerprint density at radius 1 is 1.27 bits per heavy atom. The van der Waals surface area contributed by atoms with E-state index in [4.69, 9.17) is 5.11 Å². The van der Waals surface area contributed by atoms with Crippen molar-refractivity contribution in [1.82, 2.24) is 0 Å². The zero-order valence-electron chi connectivity index (χ0n) is 7.96. The van der Waals surface area contributed by atoms with Crippen LogP contribution in [0.3, 0.4) is 0 Å². The van der Waals surface area contributed by atoms with Gasteiger partial charge in [0, 0.05) is 6.61 Å². The van der Waals surface area contributed by atoms with E-state index < -0.39 is 5.60 Å². The van der Waals surface area contributed by atoms with Crippen LogP contribution >= 0.6 is 0 Å². The molecule has 0 aromatic carbocycles. The molecule has 2 heteroatoms. The van der Waals surface area contributed by atoms with Crippen molar-refractivity contribution in [3.05, 3.63) is 0 Å². The van der Waals surface area contributed by atoms with Crippen molar-refractivity contribution in [3.8, 4) is 0 Å². The Kier molecular flexibility index (Phi) is 4.04. The summed E-state index contributed by atoms with van der Waals surface area (Å²) in [7, 11) is 0. The highest BCUT2D eigenvalue weighted by Crippen LogP contribution is 2.22. The summed E-state index contributed by atoms with van der Waals surface area (Å²) in [6.45, 7) is 7.82. The molecule has 0 amide bonds. The van der Waals surface area contributed by atoms with Gasteiger partial charge < -0.3 is 10.2 Å². The molecule has 0 aromatic heterocycles. The first-order valence-electron chi connectivity index (χ1n) is 4.21. The van der Waals surface area contributed by atoms with Gasteiger partial charge in [0.05, 0.1) is 5.60 Å². The molecule has 0 bridgehead atoms. The zero-order valence-corrected chi connectivity index (χ0v) is 7.96. The molecule has 0 aliphatic heterocycles. The van der Waals surface area contributed by atoms with Gasteiger partial charge in [0.1, 0.15) is 0 Å². The van der Waals surface area contributed by atoms with E-state index in [1.165, 1.54) is 0 Å². The summed E-state index contributed by atoms with van der Waals surface area (Å²) < 4.78 is 0. The first-order chi connectivity index (χ1) is 4.88. The lowest BCUT2D eigenvalue weighted by Gasteiger charge is -2.27. The second kappa shape index (κ2) is 4.07. The molecule has 0 aromatic rings. The lowest BCUT2D eigenvalue weighted by Crippen LogP contribution is -2.30. The van der Waals surface area contributed by atoms with E-state index in [9.17, 15) is 5.11 Å². The van der Waals surface area contributed by atoms with E-state index in [0.29, 0.717) is 0 Å². The number of rotatable bonds is 4. The first-order valence-corrected chi connectivity index (χ1v) is 4.21. The van der Waals surface area contributed by atoms with Crippen LogP contribution in [0.2, 0.25) is 0 Å². The highest BCUT2D eigenvalue weighted by molar-refractivity contribution is 4.74. The molecule has 0 radical (unpaired) electrons. The molecule has 68 valence electrons. The third kappa shape index (κ3) is 4.38. The standard InChI is InChI=1S/C9H20O2/c1-7(6-10)5-8(2)9(3,4)11/h7-8,10-11H,5-6H2,1-4H3. The summed E-state index contributed by atoms with van der Waals surface area (Å²) in [6.07, 6.45) is 0.875. The summed E-state index contributed by atoms with van der Waals surface area (Å²) in [5.74, 6) is 0.529. The summed E-state index contributed by atoms with van der Waals surface area (Å²) >= 11 is 0. The Morgan fingerprint density at radius 2 is 1.73 bits per heavy atom. The summed E-state index contributed by atoms with van der Waals surface area (Å²) in [5.41, 5.74) is -0.622. The van der Waals surface area contributed by atoms with E-state index in [1.54, 1.807) is 0 Å². The fourth-order valence-corrected chi connectivity index (χ4v) is 0.966. The lowest BCUT2D eigenvalue weighted by atomic mass is 9.85. The number of aliphatic hydroxyl groups excluding tert-OH is 1. The largest absolute Gasteiger partial charge is 0.396 e. The molecule has 11 heavy (non-hydrogen) atoms. The highest BCUT2D eigenvalue weighted by atomic mass is 16.3. The van der Waals surface area contributed by atoms with E-state index in [1.807, 2.05) is 27.7 Å². The predicted molar refractivity (Wildman–Crippen MR) is 46.3 cm³/mol. The third-order valence-corrected chi connectivity index (χ3v) is 2.27. The topological polar surface area (TPSA) is 40.5 Å². The van der Waals surface area contributed by atoms with Crippen molar-refractivity contribution in [2.45, 2.75) is 39.7 Å². The van der Waals surface area contributed by atoms with Gasteiger partial charge in [-0.25, -0.2) is 0 Å². The van der Waals surface area contributed by atoms with E-state index >= 15 is 0 Å². The molecule has 0 heterocycles. The molecule has 2 nitrogen and oxygen atoms in total. The van der Waals surface area contributed by atoms with Gasteiger partial charge in [0.2, 0.25) is 0 Å². The molecule has 0 fully saturated rings. The van der Waals surface area contributed by atoms with Crippen molar-refractivity contribution < 1.29 is 10.2 Å². The second-order valence-corrected chi connectivity index (χ2v) is 4.08. The van der Waals surface area contributed by atoms with Gasteiger partial charge in [-0.2, -0.15) is 0 Å². The lowest BCUT2D eigenvalue weighted by molar-refractivity contribution is 0.0118. The van der Waals surface area contributed by atoms with Gasteiger partial charge in [-0.05, 0) is 32.1 Å². The van der Waals surface area contributed by atoms with Crippen molar-refractivity contribution in [2.24, 2.45) is 11.8 Å². The van der Waals surface area contributed by atoms with E-state index in [0.717, 1.165) is 6.42 Å². The molecule has 2 unspecified atom stereocenters. The average molecular weight is 160 g/mol. The molecule has 0 saturated heterocycles. The maximum absolute atomic E-state index is 9.55. The minimum atomic E-state index is -0.622. The summed E-state index contributed by atoms with van der Waals surface area (Å²) in [6, 6.07) is 0. The van der Waals surface area contributed by atoms with Crippen LogP contribution in [-0.2, 0) is 0 Å². The van der Waals surface area contributed by atoms with Gasteiger partial charge in [-0.3, -0.25) is 0 Å². The maximum Gasteiger partial charge on any atom is 0.0617 e. The van der Waals surface area contributed by atoms with Crippen LogP contribution in [0.15, 0.2) is 0 Å². The average Bonchev–Trinajstić information content (AvgIpc) is 1.85. The smallest absolute Gasteiger partial charge is 0.0617 e. The Balaban J connectivity index is 3.77. The normalized spacial score (nSPS) is 18.0. The van der Waals surface area contributed by atoms with Crippen LogP contribution in [0.4, 0.5) is 0 Å². The molecule has 0 rings (SSSR count). The first kappa shape index (κ1) is 10.9. The number of hydrogen-bond acceptors (Lipinski definition) is 2. The van der Waals surface area contributed by atoms with Crippen LogP contribution < -0.4 is 0 Å². The van der Waals surface area contributed by atoms with Gasteiger partial charge in [-0.1, -0.05) is 13.8 Å². The molecule has 0 aliphatic rings. The van der Waals surface area contributed by atoms with Gasteiger partial charge in [-0.15, -0.1) is 0 Å². The van der Waals surface area contributed by atoms with Crippen LogP contribution in [0.25, 0.3) is 0 Å². The van der Waals surface area contributed by atoms with Gasteiger partial charge in [0.25, 0.3) is 0 Å². The highest BCUT2D eigenvalue weighted by Gasteiger charge is 2.23. The SMILES string of the molecule is CC(CO)CC(C)C(C)(C)O. The minimum Gasteiger partial charge on any atom is -0.396 e. The van der Waals surface area contributed by atoms with Crippen LogP contribution in [-0.4, -0.2) is 22.4 Å². The quantitative estimate of drug-likeness (QED) is 0.653. The molecule has 0 spiro atoms. The number of aliphatic hydroxyl groups is 2. The molecular formula is C9H20O2.